The summed E-state index contributed by atoms with van der Waals surface area (Å²) in [5.41, 5.74) is -0.528. The molecule has 0 aliphatic carbocycles. The highest BCUT2D eigenvalue weighted by Gasteiger charge is 2.19. The Morgan fingerprint density at radius 1 is 1.38 bits per heavy atom. The summed E-state index contributed by atoms with van der Waals surface area (Å²) >= 11 is 0. The van der Waals surface area contributed by atoms with E-state index in [0.29, 0.717) is 0 Å². The number of nitriles is 1. The second-order valence-corrected chi connectivity index (χ2v) is 3.70. The summed E-state index contributed by atoms with van der Waals surface area (Å²) in [7, 11) is 0. The molecule has 1 heterocycles. The Kier molecular flexibility index (Phi) is 3.71. The second-order valence-electron chi connectivity index (χ2n) is 3.70. The first-order valence-corrected chi connectivity index (χ1v) is 5.43. The van der Waals surface area contributed by atoms with Crippen molar-refractivity contribution < 1.29 is 19.6 Å². The van der Waals surface area contributed by atoms with Crippen LogP contribution in [-0.2, 0) is 0 Å². The molecule has 9 nitrogen and oxygen atoms in total. The standard InChI is InChI=1S/C12H6N4O5/c13-4-8-5-15-11(6-14-8)21-10-3-7(12(17)18)1-2-9(10)16(19)20/h1-3,5-6H,(H,17,18). The van der Waals surface area contributed by atoms with Crippen LogP contribution < -0.4 is 4.74 Å². The smallest absolute Gasteiger partial charge is 0.335 e. The number of nitro benzene ring substituents is 1. The van der Waals surface area contributed by atoms with Gasteiger partial charge in [0, 0.05) is 12.1 Å². The van der Waals surface area contributed by atoms with Gasteiger partial charge in [-0.05, 0) is 6.07 Å². The van der Waals surface area contributed by atoms with Crippen molar-refractivity contribution in [3.63, 3.8) is 0 Å². The zero-order chi connectivity index (χ0) is 15.4. The number of nitro groups is 1. The molecule has 0 aliphatic rings. The zero-order valence-electron chi connectivity index (χ0n) is 10.3. The van der Waals surface area contributed by atoms with Gasteiger partial charge < -0.3 is 9.84 Å². The summed E-state index contributed by atoms with van der Waals surface area (Å²) in [6.07, 6.45) is 2.23. The van der Waals surface area contributed by atoms with E-state index in [-0.39, 0.29) is 22.9 Å². The summed E-state index contributed by atoms with van der Waals surface area (Å²) < 4.78 is 5.17. The monoisotopic (exact) mass is 286 g/mol. The summed E-state index contributed by atoms with van der Waals surface area (Å²) in [6.45, 7) is 0. The van der Waals surface area contributed by atoms with E-state index in [9.17, 15) is 14.9 Å². The molecule has 9 heteroatoms. The van der Waals surface area contributed by atoms with E-state index in [1.54, 1.807) is 6.07 Å². The molecule has 2 rings (SSSR count). The van der Waals surface area contributed by atoms with Gasteiger partial charge in [-0.15, -0.1) is 0 Å². The second kappa shape index (κ2) is 5.62. The van der Waals surface area contributed by atoms with Gasteiger partial charge in [0.15, 0.2) is 5.69 Å². The number of hydrogen-bond acceptors (Lipinski definition) is 7. The molecule has 21 heavy (non-hydrogen) atoms. The number of ether oxygens (including phenoxy) is 1. The van der Waals surface area contributed by atoms with Crippen molar-refractivity contribution >= 4 is 11.7 Å². The van der Waals surface area contributed by atoms with E-state index in [1.165, 1.54) is 0 Å². The Bertz CT molecular complexity index is 751. The van der Waals surface area contributed by atoms with Gasteiger partial charge in [0.2, 0.25) is 11.6 Å². The van der Waals surface area contributed by atoms with Crippen molar-refractivity contribution in [2.75, 3.05) is 0 Å². The van der Waals surface area contributed by atoms with Crippen LogP contribution in [0.5, 0.6) is 11.6 Å². The van der Waals surface area contributed by atoms with Crippen LogP contribution in [0.4, 0.5) is 5.69 Å². The lowest BCUT2D eigenvalue weighted by atomic mass is 10.2. The summed E-state index contributed by atoms with van der Waals surface area (Å²) in [5, 5.41) is 28.4. The Morgan fingerprint density at radius 3 is 2.67 bits per heavy atom. The minimum absolute atomic E-state index is 0.0520. The molecule has 0 unspecified atom stereocenters. The summed E-state index contributed by atoms with van der Waals surface area (Å²) in [5.74, 6) is -1.63. The van der Waals surface area contributed by atoms with Gasteiger partial charge in [-0.2, -0.15) is 5.26 Å². The molecule has 104 valence electrons. The Labute approximate surface area is 117 Å². The van der Waals surface area contributed by atoms with Crippen LogP contribution in [-0.4, -0.2) is 26.0 Å². The molecule has 0 fully saturated rings. The molecule has 1 aromatic heterocycles. The first-order valence-electron chi connectivity index (χ1n) is 5.43. The van der Waals surface area contributed by atoms with Crippen molar-refractivity contribution in [2.45, 2.75) is 0 Å². The van der Waals surface area contributed by atoms with E-state index in [4.69, 9.17) is 15.1 Å². The van der Waals surface area contributed by atoms with Crippen LogP contribution in [0.3, 0.4) is 0 Å². The van der Waals surface area contributed by atoms with Gasteiger partial charge in [0.25, 0.3) is 0 Å². The van der Waals surface area contributed by atoms with E-state index >= 15 is 0 Å². The van der Waals surface area contributed by atoms with Gasteiger partial charge in [0.1, 0.15) is 6.07 Å². The van der Waals surface area contributed by atoms with E-state index in [1.807, 2.05) is 0 Å². The van der Waals surface area contributed by atoms with Gasteiger partial charge >= 0.3 is 11.7 Å². The molecular formula is C12H6N4O5. The van der Waals surface area contributed by atoms with E-state index < -0.39 is 16.6 Å². The summed E-state index contributed by atoms with van der Waals surface area (Å²) in [4.78, 5) is 28.5. The normalized spacial score (nSPS) is 9.67. The maximum Gasteiger partial charge on any atom is 0.335 e. The lowest BCUT2D eigenvalue weighted by Crippen LogP contribution is -2.00. The van der Waals surface area contributed by atoms with Gasteiger partial charge in [-0.25, -0.2) is 14.8 Å². The van der Waals surface area contributed by atoms with Crippen LogP contribution in [0.1, 0.15) is 16.1 Å². The van der Waals surface area contributed by atoms with Crippen molar-refractivity contribution in [1.29, 1.82) is 5.26 Å². The number of benzene rings is 1. The third-order valence-corrected chi connectivity index (χ3v) is 2.36. The maximum absolute atomic E-state index is 10.9. The van der Waals surface area contributed by atoms with E-state index in [2.05, 4.69) is 9.97 Å². The van der Waals surface area contributed by atoms with Gasteiger partial charge in [-0.3, -0.25) is 10.1 Å². The lowest BCUT2D eigenvalue weighted by Gasteiger charge is -2.05. The topological polar surface area (TPSA) is 139 Å². The largest absolute Gasteiger partial charge is 0.478 e. The third kappa shape index (κ3) is 3.07. The van der Waals surface area contributed by atoms with Crippen LogP contribution in [0.25, 0.3) is 0 Å². The van der Waals surface area contributed by atoms with Gasteiger partial charge in [0.05, 0.1) is 22.9 Å². The van der Waals surface area contributed by atoms with Crippen LogP contribution in [0.15, 0.2) is 30.6 Å². The molecule has 1 aromatic carbocycles. The molecule has 0 aliphatic heterocycles. The fourth-order valence-electron chi connectivity index (χ4n) is 1.42. The maximum atomic E-state index is 10.9. The fourth-order valence-corrected chi connectivity index (χ4v) is 1.42. The Hall–Kier alpha value is -3.54. The van der Waals surface area contributed by atoms with Crippen LogP contribution in [0, 0.1) is 21.4 Å². The third-order valence-electron chi connectivity index (χ3n) is 2.36. The van der Waals surface area contributed by atoms with Crippen LogP contribution >= 0.6 is 0 Å². The van der Waals surface area contributed by atoms with Crippen LogP contribution in [0.2, 0.25) is 0 Å². The number of carbonyl (C=O) groups is 1. The minimum Gasteiger partial charge on any atom is -0.478 e. The number of carboxylic acid groups (broad SMARTS) is 1. The number of hydrogen-bond donors (Lipinski definition) is 1. The molecule has 1 N–H and O–H groups in total. The molecule has 0 spiro atoms. The first kappa shape index (κ1) is 13.9. The van der Waals surface area contributed by atoms with Gasteiger partial charge in [-0.1, -0.05) is 0 Å². The zero-order valence-corrected chi connectivity index (χ0v) is 10.3. The first-order chi connectivity index (χ1) is 10.0. The summed E-state index contributed by atoms with van der Waals surface area (Å²) in [6, 6.07) is 4.89. The number of nitrogens with zero attached hydrogens (tertiary/aromatic N) is 4. The lowest BCUT2D eigenvalue weighted by molar-refractivity contribution is -0.385. The predicted molar refractivity (Wildman–Crippen MR) is 66.9 cm³/mol. The Morgan fingerprint density at radius 2 is 2.14 bits per heavy atom. The highest BCUT2D eigenvalue weighted by Crippen LogP contribution is 2.31. The molecule has 0 saturated heterocycles. The van der Waals surface area contributed by atoms with Crippen molar-refractivity contribution in [1.82, 2.24) is 9.97 Å². The molecular weight excluding hydrogens is 280 g/mol. The average molecular weight is 286 g/mol. The molecule has 0 saturated carbocycles. The average Bonchev–Trinajstić information content (AvgIpc) is 2.47. The van der Waals surface area contributed by atoms with Crippen molar-refractivity contribution in [3.05, 3.63) is 52.0 Å². The fraction of sp³-hybridized carbons (Fsp3) is 0. The SMILES string of the molecule is N#Cc1cnc(Oc2cc(C(=O)O)ccc2[N+](=O)[O-])cn1. The number of aromatic nitrogens is 2. The highest BCUT2D eigenvalue weighted by atomic mass is 16.6. The molecule has 0 radical (unpaired) electrons. The molecule has 2 aromatic rings. The predicted octanol–water partition coefficient (Wildman–Crippen LogP) is 1.75. The van der Waals surface area contributed by atoms with Crippen molar-refractivity contribution in [3.8, 4) is 17.7 Å². The molecule has 0 atom stereocenters. The Balaban J connectivity index is 2.40. The molecule has 0 bridgehead atoms. The number of rotatable bonds is 4. The van der Waals surface area contributed by atoms with Crippen molar-refractivity contribution in [2.24, 2.45) is 0 Å². The van der Waals surface area contributed by atoms with E-state index in [0.717, 1.165) is 30.6 Å². The number of carboxylic acids is 1. The quantitative estimate of drug-likeness (QED) is 0.662. The number of aromatic carboxylic acids is 1. The minimum atomic E-state index is -1.25. The molecule has 0 amide bonds. The highest BCUT2D eigenvalue weighted by molar-refractivity contribution is 5.88.